The van der Waals surface area contributed by atoms with Crippen LogP contribution in [0.3, 0.4) is 0 Å². The number of rotatable bonds is 4. The van der Waals surface area contributed by atoms with Crippen LogP contribution in [0.2, 0.25) is 0 Å². The first-order valence-electron chi connectivity index (χ1n) is 6.47. The van der Waals surface area contributed by atoms with E-state index in [1.807, 2.05) is 7.05 Å². The lowest BCUT2D eigenvalue weighted by atomic mass is 10.1. The van der Waals surface area contributed by atoms with Gasteiger partial charge in [0.1, 0.15) is 0 Å². The van der Waals surface area contributed by atoms with E-state index < -0.39 is 0 Å². The molecule has 0 radical (unpaired) electrons. The molecule has 0 spiro atoms. The Labute approximate surface area is 109 Å². The zero-order valence-electron chi connectivity index (χ0n) is 11.6. The summed E-state index contributed by atoms with van der Waals surface area (Å²) in [6, 6.07) is 8.42. The topological polar surface area (TPSA) is 29.9 Å². The van der Waals surface area contributed by atoms with Gasteiger partial charge in [0.2, 0.25) is 0 Å². The van der Waals surface area contributed by atoms with Gasteiger partial charge in [-0.05, 0) is 44.5 Å². The summed E-state index contributed by atoms with van der Waals surface area (Å²) >= 11 is 0. The fourth-order valence-electron chi connectivity index (χ4n) is 2.48. The maximum Gasteiger partial charge on any atom is 0.0693 e. The van der Waals surface area contributed by atoms with Gasteiger partial charge in [-0.1, -0.05) is 25.1 Å². The molecule has 2 rings (SSSR count). The number of aryl methyl sites for hydroxylation is 1. The molecule has 0 unspecified atom stereocenters. The second-order valence-corrected chi connectivity index (χ2v) is 4.57. The fraction of sp³-hybridized carbons (Fsp3) is 0.400. The second-order valence-electron chi connectivity index (χ2n) is 4.57. The van der Waals surface area contributed by atoms with Gasteiger partial charge in [-0.25, -0.2) is 4.68 Å². The van der Waals surface area contributed by atoms with Gasteiger partial charge < -0.3 is 5.32 Å². The van der Waals surface area contributed by atoms with Crippen molar-refractivity contribution in [1.29, 1.82) is 0 Å². The molecular weight excluding hydrogens is 222 g/mol. The molecule has 18 heavy (non-hydrogen) atoms. The Morgan fingerprint density at radius 2 is 1.94 bits per heavy atom. The molecule has 1 N–H and O–H groups in total. The van der Waals surface area contributed by atoms with Crippen molar-refractivity contribution in [3.63, 3.8) is 0 Å². The summed E-state index contributed by atoms with van der Waals surface area (Å²) in [5.74, 6) is 0. The van der Waals surface area contributed by atoms with Gasteiger partial charge in [0.15, 0.2) is 0 Å². The van der Waals surface area contributed by atoms with Crippen LogP contribution in [0, 0.1) is 13.8 Å². The van der Waals surface area contributed by atoms with E-state index in [1.165, 1.54) is 22.5 Å². The lowest BCUT2D eigenvalue weighted by molar-refractivity contribution is 0.775. The van der Waals surface area contributed by atoms with Gasteiger partial charge in [-0.3, -0.25) is 0 Å². The predicted molar refractivity (Wildman–Crippen MR) is 75.2 cm³/mol. The molecule has 2 aromatic rings. The first-order chi connectivity index (χ1) is 8.69. The number of nitrogens with zero attached hydrogens (tertiary/aromatic N) is 2. The summed E-state index contributed by atoms with van der Waals surface area (Å²) in [6.45, 7) is 7.27. The summed E-state index contributed by atoms with van der Waals surface area (Å²) in [7, 11) is 1.97. The summed E-state index contributed by atoms with van der Waals surface area (Å²) in [6.07, 6.45) is 1.03. The minimum atomic E-state index is 0.857. The minimum Gasteiger partial charge on any atom is -0.316 e. The third-order valence-electron chi connectivity index (χ3n) is 3.38. The van der Waals surface area contributed by atoms with E-state index in [9.17, 15) is 0 Å². The summed E-state index contributed by atoms with van der Waals surface area (Å²) in [5, 5.41) is 7.89. The Hall–Kier alpha value is -1.61. The molecule has 3 heteroatoms. The summed E-state index contributed by atoms with van der Waals surface area (Å²) in [5.41, 5.74) is 6.18. The third kappa shape index (κ3) is 2.18. The van der Waals surface area contributed by atoms with Crippen molar-refractivity contribution in [2.24, 2.45) is 0 Å². The molecule has 0 saturated carbocycles. The number of benzene rings is 1. The van der Waals surface area contributed by atoms with Gasteiger partial charge in [0.25, 0.3) is 0 Å². The average Bonchev–Trinajstić information content (AvgIpc) is 2.65. The van der Waals surface area contributed by atoms with Crippen molar-refractivity contribution in [2.45, 2.75) is 33.7 Å². The molecule has 96 valence electrons. The monoisotopic (exact) mass is 243 g/mol. The van der Waals surface area contributed by atoms with Crippen LogP contribution in [0.25, 0.3) is 5.69 Å². The molecule has 1 heterocycles. The minimum absolute atomic E-state index is 0.857. The molecule has 0 amide bonds. The number of hydrogen-bond acceptors (Lipinski definition) is 2. The Kier molecular flexibility index (Phi) is 3.82. The van der Waals surface area contributed by atoms with Gasteiger partial charge in [0.05, 0.1) is 11.4 Å². The van der Waals surface area contributed by atoms with Crippen molar-refractivity contribution < 1.29 is 0 Å². The van der Waals surface area contributed by atoms with E-state index in [-0.39, 0.29) is 0 Å². The molecule has 0 atom stereocenters. The highest BCUT2D eigenvalue weighted by Gasteiger charge is 2.12. The zero-order chi connectivity index (χ0) is 13.1. The van der Waals surface area contributed by atoms with E-state index in [1.54, 1.807) is 0 Å². The Morgan fingerprint density at radius 1 is 1.22 bits per heavy atom. The Bertz CT molecular complexity index is 541. The maximum absolute atomic E-state index is 4.68. The SMILES string of the molecule is CCc1c(C)nn(-c2ccccc2CNC)c1C. The maximum atomic E-state index is 4.68. The molecule has 0 aliphatic rings. The van der Waals surface area contributed by atoms with Gasteiger partial charge in [-0.2, -0.15) is 5.10 Å². The molecule has 1 aromatic carbocycles. The molecule has 0 aliphatic carbocycles. The number of hydrogen-bond donors (Lipinski definition) is 1. The van der Waals surface area contributed by atoms with Crippen LogP contribution < -0.4 is 5.32 Å². The van der Waals surface area contributed by atoms with Crippen LogP contribution in [0.4, 0.5) is 0 Å². The van der Waals surface area contributed by atoms with E-state index in [4.69, 9.17) is 0 Å². The number of nitrogens with one attached hydrogen (secondary N) is 1. The first-order valence-corrected chi connectivity index (χ1v) is 6.47. The Morgan fingerprint density at radius 3 is 2.56 bits per heavy atom. The summed E-state index contributed by atoms with van der Waals surface area (Å²) < 4.78 is 2.07. The number of para-hydroxylation sites is 1. The largest absolute Gasteiger partial charge is 0.316 e. The predicted octanol–water partition coefficient (Wildman–Crippen LogP) is 2.77. The highest BCUT2D eigenvalue weighted by Crippen LogP contribution is 2.21. The van der Waals surface area contributed by atoms with Crippen LogP contribution in [0.15, 0.2) is 24.3 Å². The van der Waals surface area contributed by atoms with Crippen molar-refractivity contribution in [1.82, 2.24) is 15.1 Å². The molecule has 0 saturated heterocycles. The van der Waals surface area contributed by atoms with E-state index in [0.29, 0.717) is 0 Å². The molecule has 1 aromatic heterocycles. The van der Waals surface area contributed by atoms with E-state index in [0.717, 1.165) is 18.7 Å². The second kappa shape index (κ2) is 5.36. The van der Waals surface area contributed by atoms with E-state index in [2.05, 4.69) is 60.1 Å². The molecule has 3 nitrogen and oxygen atoms in total. The van der Waals surface area contributed by atoms with Crippen LogP contribution in [-0.2, 0) is 13.0 Å². The molecule has 0 bridgehead atoms. The van der Waals surface area contributed by atoms with Crippen molar-refractivity contribution >= 4 is 0 Å². The van der Waals surface area contributed by atoms with Crippen LogP contribution in [0.5, 0.6) is 0 Å². The van der Waals surface area contributed by atoms with Crippen LogP contribution in [-0.4, -0.2) is 16.8 Å². The lowest BCUT2D eigenvalue weighted by Crippen LogP contribution is -2.10. The van der Waals surface area contributed by atoms with Crippen LogP contribution >= 0.6 is 0 Å². The standard InChI is InChI=1S/C15H21N3/c1-5-14-11(2)17-18(12(14)3)15-9-7-6-8-13(15)10-16-4/h6-9,16H,5,10H2,1-4H3. The van der Waals surface area contributed by atoms with Crippen LogP contribution in [0.1, 0.15) is 29.4 Å². The summed E-state index contributed by atoms with van der Waals surface area (Å²) in [4.78, 5) is 0. The average molecular weight is 243 g/mol. The Balaban J connectivity index is 2.55. The lowest BCUT2D eigenvalue weighted by Gasteiger charge is -2.11. The normalized spacial score (nSPS) is 10.9. The highest BCUT2D eigenvalue weighted by molar-refractivity contribution is 5.43. The molecule has 0 fully saturated rings. The highest BCUT2D eigenvalue weighted by atomic mass is 15.3. The first kappa shape index (κ1) is 12.8. The molecule has 0 aliphatic heterocycles. The van der Waals surface area contributed by atoms with Gasteiger partial charge in [0, 0.05) is 12.2 Å². The zero-order valence-corrected chi connectivity index (χ0v) is 11.6. The quantitative estimate of drug-likeness (QED) is 0.895. The van der Waals surface area contributed by atoms with Crippen molar-refractivity contribution in [3.8, 4) is 5.69 Å². The van der Waals surface area contributed by atoms with Crippen molar-refractivity contribution in [2.75, 3.05) is 7.05 Å². The van der Waals surface area contributed by atoms with Crippen molar-refractivity contribution in [3.05, 3.63) is 46.8 Å². The number of aromatic nitrogens is 2. The van der Waals surface area contributed by atoms with Gasteiger partial charge in [-0.15, -0.1) is 0 Å². The fourth-order valence-corrected chi connectivity index (χ4v) is 2.48. The smallest absolute Gasteiger partial charge is 0.0693 e. The molecular formula is C15H21N3. The van der Waals surface area contributed by atoms with Gasteiger partial charge >= 0.3 is 0 Å². The third-order valence-corrected chi connectivity index (χ3v) is 3.38. The van der Waals surface area contributed by atoms with E-state index >= 15 is 0 Å².